The molecule has 0 unspecified atom stereocenters. The van der Waals surface area contributed by atoms with Crippen molar-refractivity contribution in [2.24, 2.45) is 0 Å². The summed E-state index contributed by atoms with van der Waals surface area (Å²) in [6, 6.07) is 5.54. The molecule has 0 aliphatic carbocycles. The number of hydrogen-bond acceptors (Lipinski definition) is 3. The predicted octanol–water partition coefficient (Wildman–Crippen LogP) is 2.76. The van der Waals surface area contributed by atoms with E-state index in [0.29, 0.717) is 11.4 Å². The molecule has 0 radical (unpaired) electrons. The Morgan fingerprint density at radius 3 is 2.93 bits per heavy atom. The molecule has 0 spiro atoms. The first-order valence-corrected chi connectivity index (χ1v) is 5.95. The Balaban J connectivity index is 2.54. The average molecular weight is 288 g/mol. The molecule has 0 aliphatic rings. The van der Waals surface area contributed by atoms with Gasteiger partial charge in [0, 0.05) is 26.9 Å². The van der Waals surface area contributed by atoms with Gasteiger partial charge in [-0.1, -0.05) is 6.08 Å². The van der Waals surface area contributed by atoms with Gasteiger partial charge in [0.05, 0.1) is 0 Å². The molecule has 0 bridgehead atoms. The molecule has 1 aromatic carbocycles. The molecule has 0 heterocycles. The molecule has 80 valence electrons. The van der Waals surface area contributed by atoms with E-state index in [-0.39, 0.29) is 0 Å². The number of nitrogen functional groups attached to an aromatic ring is 1. The van der Waals surface area contributed by atoms with Crippen LogP contribution in [0.2, 0.25) is 0 Å². The molecule has 1 rings (SSSR count). The van der Waals surface area contributed by atoms with Crippen LogP contribution in [0.3, 0.4) is 0 Å². The largest absolute Gasteiger partial charge is 0.478 e. The van der Waals surface area contributed by atoms with Crippen molar-refractivity contribution in [2.75, 3.05) is 11.5 Å². The molecule has 0 aromatic heterocycles. The Labute approximate surface area is 100 Å². The summed E-state index contributed by atoms with van der Waals surface area (Å²) in [5, 5.41) is 8.38. The second-order valence-corrected chi connectivity index (χ2v) is 4.66. The van der Waals surface area contributed by atoms with Gasteiger partial charge in [0.25, 0.3) is 0 Å². The molecule has 0 amide bonds. The molecule has 15 heavy (non-hydrogen) atoms. The zero-order valence-electron chi connectivity index (χ0n) is 7.81. The number of aliphatic carboxylic acids is 1. The number of nitrogens with two attached hydrogens (primary N) is 1. The lowest BCUT2D eigenvalue weighted by Gasteiger charge is -2.02. The SMILES string of the molecule is Nc1ccc(SC/C=C/C(=O)O)c(Br)c1. The van der Waals surface area contributed by atoms with E-state index in [1.54, 1.807) is 17.8 Å². The highest BCUT2D eigenvalue weighted by molar-refractivity contribution is 9.10. The number of thioether (sulfide) groups is 1. The van der Waals surface area contributed by atoms with E-state index in [2.05, 4.69) is 15.9 Å². The van der Waals surface area contributed by atoms with Crippen molar-refractivity contribution >= 4 is 39.3 Å². The number of benzene rings is 1. The fourth-order valence-corrected chi connectivity index (χ4v) is 2.39. The van der Waals surface area contributed by atoms with Crippen molar-refractivity contribution in [3.63, 3.8) is 0 Å². The van der Waals surface area contributed by atoms with Gasteiger partial charge in [-0.15, -0.1) is 11.8 Å². The molecule has 1 aromatic rings. The molecule has 3 nitrogen and oxygen atoms in total. The van der Waals surface area contributed by atoms with Crippen LogP contribution in [0, 0.1) is 0 Å². The fourth-order valence-electron chi connectivity index (χ4n) is 0.921. The fraction of sp³-hybridized carbons (Fsp3) is 0.100. The summed E-state index contributed by atoms with van der Waals surface area (Å²) in [6.07, 6.45) is 2.74. The second kappa shape index (κ2) is 5.82. The van der Waals surface area contributed by atoms with E-state index in [1.165, 1.54) is 0 Å². The van der Waals surface area contributed by atoms with Crippen molar-refractivity contribution in [3.8, 4) is 0 Å². The number of carboxylic acids is 1. The number of carbonyl (C=O) groups is 1. The van der Waals surface area contributed by atoms with Gasteiger partial charge in [-0.25, -0.2) is 4.79 Å². The maximum Gasteiger partial charge on any atom is 0.328 e. The molecular formula is C10H10BrNO2S. The minimum absolute atomic E-state index is 0.620. The third-order valence-electron chi connectivity index (χ3n) is 1.55. The summed E-state index contributed by atoms with van der Waals surface area (Å²) in [5.74, 6) is -0.304. The van der Waals surface area contributed by atoms with Crippen LogP contribution >= 0.6 is 27.7 Å². The lowest BCUT2D eigenvalue weighted by atomic mass is 10.3. The maximum absolute atomic E-state index is 10.2. The smallest absolute Gasteiger partial charge is 0.328 e. The Morgan fingerprint density at radius 1 is 1.60 bits per heavy atom. The van der Waals surface area contributed by atoms with E-state index in [9.17, 15) is 4.79 Å². The van der Waals surface area contributed by atoms with Crippen LogP contribution in [0.1, 0.15) is 0 Å². The van der Waals surface area contributed by atoms with Gasteiger partial charge in [0.15, 0.2) is 0 Å². The quantitative estimate of drug-likeness (QED) is 0.508. The first-order chi connectivity index (χ1) is 7.09. The van der Waals surface area contributed by atoms with Gasteiger partial charge in [0.1, 0.15) is 0 Å². The zero-order valence-corrected chi connectivity index (χ0v) is 10.2. The van der Waals surface area contributed by atoms with Gasteiger partial charge in [-0.2, -0.15) is 0 Å². The van der Waals surface area contributed by atoms with Crippen LogP contribution in [-0.4, -0.2) is 16.8 Å². The van der Waals surface area contributed by atoms with E-state index in [0.717, 1.165) is 15.4 Å². The van der Waals surface area contributed by atoms with E-state index in [4.69, 9.17) is 10.8 Å². The van der Waals surface area contributed by atoms with E-state index < -0.39 is 5.97 Å². The summed E-state index contributed by atoms with van der Waals surface area (Å²) >= 11 is 4.93. The van der Waals surface area contributed by atoms with Gasteiger partial charge in [-0.3, -0.25) is 0 Å². The summed E-state index contributed by atoms with van der Waals surface area (Å²) in [5.41, 5.74) is 6.29. The van der Waals surface area contributed by atoms with Gasteiger partial charge in [-0.05, 0) is 34.1 Å². The summed E-state index contributed by atoms with van der Waals surface area (Å²) in [6.45, 7) is 0. The molecule has 0 atom stereocenters. The third kappa shape index (κ3) is 4.40. The van der Waals surface area contributed by atoms with Gasteiger partial charge < -0.3 is 10.8 Å². The maximum atomic E-state index is 10.2. The van der Waals surface area contributed by atoms with Crippen molar-refractivity contribution in [3.05, 3.63) is 34.8 Å². The number of carboxylic acid groups (broad SMARTS) is 1. The van der Waals surface area contributed by atoms with Crippen LogP contribution < -0.4 is 5.73 Å². The van der Waals surface area contributed by atoms with Crippen molar-refractivity contribution < 1.29 is 9.90 Å². The van der Waals surface area contributed by atoms with Crippen molar-refractivity contribution in [1.82, 2.24) is 0 Å². The topological polar surface area (TPSA) is 63.3 Å². The summed E-state index contributed by atoms with van der Waals surface area (Å²) in [7, 11) is 0. The zero-order chi connectivity index (χ0) is 11.3. The molecule has 3 N–H and O–H groups in total. The molecule has 0 aliphatic heterocycles. The lowest BCUT2D eigenvalue weighted by molar-refractivity contribution is -0.131. The number of halogens is 1. The normalized spacial score (nSPS) is 10.7. The Bertz CT molecular complexity index is 393. The Morgan fingerprint density at radius 2 is 2.33 bits per heavy atom. The van der Waals surface area contributed by atoms with Crippen LogP contribution in [0.4, 0.5) is 5.69 Å². The standard InChI is InChI=1S/C10H10BrNO2S/c11-8-6-7(12)3-4-9(8)15-5-1-2-10(13)14/h1-4,6H,5,12H2,(H,13,14)/b2-1+. The second-order valence-electron chi connectivity index (χ2n) is 2.74. The van der Waals surface area contributed by atoms with E-state index >= 15 is 0 Å². The van der Waals surface area contributed by atoms with Crippen molar-refractivity contribution in [1.29, 1.82) is 0 Å². The summed E-state index contributed by atoms with van der Waals surface area (Å²) < 4.78 is 0.927. The number of hydrogen-bond donors (Lipinski definition) is 2. The number of anilines is 1. The molecule has 0 saturated carbocycles. The molecule has 0 saturated heterocycles. The molecular weight excluding hydrogens is 278 g/mol. The Kier molecular flexibility index (Phi) is 4.71. The average Bonchev–Trinajstić information content (AvgIpc) is 2.14. The monoisotopic (exact) mass is 287 g/mol. The van der Waals surface area contributed by atoms with Gasteiger partial charge >= 0.3 is 5.97 Å². The highest BCUT2D eigenvalue weighted by atomic mass is 79.9. The van der Waals surface area contributed by atoms with Crippen molar-refractivity contribution in [2.45, 2.75) is 4.90 Å². The van der Waals surface area contributed by atoms with Gasteiger partial charge in [0.2, 0.25) is 0 Å². The third-order valence-corrected chi connectivity index (χ3v) is 3.50. The minimum Gasteiger partial charge on any atom is -0.478 e. The molecule has 0 fully saturated rings. The molecule has 5 heteroatoms. The van der Waals surface area contributed by atoms with Crippen LogP contribution in [-0.2, 0) is 4.79 Å². The number of rotatable bonds is 4. The lowest BCUT2D eigenvalue weighted by Crippen LogP contribution is -1.87. The minimum atomic E-state index is -0.924. The van der Waals surface area contributed by atoms with Crippen LogP contribution in [0.15, 0.2) is 39.7 Å². The Hall–Kier alpha value is -0.940. The highest BCUT2D eigenvalue weighted by Crippen LogP contribution is 2.29. The summed E-state index contributed by atoms with van der Waals surface area (Å²) in [4.78, 5) is 11.2. The van der Waals surface area contributed by atoms with Crippen LogP contribution in [0.25, 0.3) is 0 Å². The first kappa shape index (κ1) is 12.1. The van der Waals surface area contributed by atoms with E-state index in [1.807, 2.05) is 18.2 Å². The predicted molar refractivity (Wildman–Crippen MR) is 66.1 cm³/mol. The first-order valence-electron chi connectivity index (χ1n) is 4.17. The highest BCUT2D eigenvalue weighted by Gasteiger charge is 1.99. The van der Waals surface area contributed by atoms with Crippen LogP contribution in [0.5, 0.6) is 0 Å².